The topological polar surface area (TPSA) is 108 Å². The van der Waals surface area contributed by atoms with Gasteiger partial charge in [-0.1, -0.05) is 139 Å². The van der Waals surface area contributed by atoms with Crippen LogP contribution in [0.15, 0.2) is 60.8 Å². The maximum absolute atomic E-state index is 12.7. The molecular formula is C45H81NO8P+. The van der Waals surface area contributed by atoms with Crippen LogP contribution in [-0.4, -0.2) is 74.9 Å². The Morgan fingerprint density at radius 3 is 1.55 bits per heavy atom. The van der Waals surface area contributed by atoms with Crippen molar-refractivity contribution in [1.82, 2.24) is 0 Å². The van der Waals surface area contributed by atoms with Crippen molar-refractivity contribution in [3.8, 4) is 0 Å². The number of esters is 2. The Balaban J connectivity index is 4.41. The van der Waals surface area contributed by atoms with Crippen LogP contribution >= 0.6 is 7.82 Å². The molecule has 0 bridgehead atoms. The molecule has 2 unspecified atom stereocenters. The van der Waals surface area contributed by atoms with Crippen LogP contribution in [0.3, 0.4) is 0 Å². The number of nitrogens with zero attached hydrogens (tertiary/aromatic N) is 1. The Labute approximate surface area is 336 Å². The molecule has 0 aromatic heterocycles. The van der Waals surface area contributed by atoms with Gasteiger partial charge in [-0.25, -0.2) is 4.57 Å². The predicted molar refractivity (Wildman–Crippen MR) is 229 cm³/mol. The summed E-state index contributed by atoms with van der Waals surface area (Å²) >= 11 is 0. The summed E-state index contributed by atoms with van der Waals surface area (Å²) in [6.45, 7) is 4.23. The number of phosphoric acid groups is 1. The molecule has 55 heavy (non-hydrogen) atoms. The highest BCUT2D eigenvalue weighted by molar-refractivity contribution is 7.47. The molecule has 1 N–H and O–H groups in total. The molecule has 9 nitrogen and oxygen atoms in total. The molecule has 0 aromatic carbocycles. The number of hydrogen-bond donors (Lipinski definition) is 1. The average molecular weight is 795 g/mol. The highest BCUT2D eigenvalue weighted by Gasteiger charge is 2.27. The van der Waals surface area contributed by atoms with Crippen LogP contribution in [0.4, 0.5) is 0 Å². The minimum atomic E-state index is -4.38. The number of carbonyl (C=O) groups is 2. The van der Waals surface area contributed by atoms with Gasteiger partial charge in [0, 0.05) is 12.8 Å². The molecule has 0 saturated carbocycles. The SMILES string of the molecule is CC/C=C\C/C=C\C/C=C\CCCCCCCCCC(=O)OC(COC(=O)CCCCCCC/C=C\C/C=C\CCCC)COP(=O)(O)OCC[N+](C)(C)C. The molecule has 0 aromatic rings. The minimum Gasteiger partial charge on any atom is -0.462 e. The zero-order valence-corrected chi connectivity index (χ0v) is 36.5. The van der Waals surface area contributed by atoms with Crippen LogP contribution in [0.2, 0.25) is 0 Å². The molecule has 0 radical (unpaired) electrons. The number of ether oxygens (including phenoxy) is 2. The van der Waals surface area contributed by atoms with E-state index in [2.05, 4.69) is 74.6 Å². The predicted octanol–water partition coefficient (Wildman–Crippen LogP) is 12.1. The number of hydrogen-bond acceptors (Lipinski definition) is 7. The van der Waals surface area contributed by atoms with E-state index >= 15 is 0 Å². The number of quaternary nitrogens is 1. The van der Waals surface area contributed by atoms with Gasteiger partial charge in [-0.05, 0) is 70.6 Å². The smallest absolute Gasteiger partial charge is 0.462 e. The first-order valence-corrected chi connectivity index (χ1v) is 23.0. The summed E-state index contributed by atoms with van der Waals surface area (Å²) in [5.74, 6) is -0.831. The third-order valence-electron chi connectivity index (χ3n) is 8.78. The van der Waals surface area contributed by atoms with E-state index < -0.39 is 26.5 Å². The second-order valence-corrected chi connectivity index (χ2v) is 16.8. The van der Waals surface area contributed by atoms with Crippen LogP contribution in [0.1, 0.15) is 162 Å². The molecule has 2 atom stereocenters. The molecule has 0 heterocycles. The van der Waals surface area contributed by atoms with Crippen LogP contribution < -0.4 is 0 Å². The highest BCUT2D eigenvalue weighted by Crippen LogP contribution is 2.43. The van der Waals surface area contributed by atoms with Crippen molar-refractivity contribution in [2.45, 2.75) is 168 Å². The van der Waals surface area contributed by atoms with Crippen molar-refractivity contribution in [1.29, 1.82) is 0 Å². The van der Waals surface area contributed by atoms with E-state index in [4.69, 9.17) is 18.5 Å². The van der Waals surface area contributed by atoms with E-state index in [1.165, 1.54) is 32.1 Å². The molecule has 318 valence electrons. The highest BCUT2D eigenvalue weighted by atomic mass is 31.2. The second-order valence-electron chi connectivity index (χ2n) is 15.3. The third kappa shape index (κ3) is 41.2. The van der Waals surface area contributed by atoms with Crippen molar-refractivity contribution in [2.75, 3.05) is 47.5 Å². The molecule has 0 aliphatic heterocycles. The normalized spacial score (nSPS) is 14.2. The van der Waals surface area contributed by atoms with Crippen molar-refractivity contribution < 1.29 is 42.1 Å². The lowest BCUT2D eigenvalue weighted by molar-refractivity contribution is -0.870. The summed E-state index contributed by atoms with van der Waals surface area (Å²) in [4.78, 5) is 35.3. The largest absolute Gasteiger partial charge is 0.472 e. The molecule has 0 fully saturated rings. The maximum Gasteiger partial charge on any atom is 0.472 e. The van der Waals surface area contributed by atoms with Gasteiger partial charge >= 0.3 is 19.8 Å². The van der Waals surface area contributed by atoms with Crippen molar-refractivity contribution >= 4 is 19.8 Å². The van der Waals surface area contributed by atoms with E-state index in [0.29, 0.717) is 17.4 Å². The minimum absolute atomic E-state index is 0.0245. The number of unbranched alkanes of at least 4 members (excludes halogenated alkanes) is 14. The second kappa shape index (κ2) is 37.3. The van der Waals surface area contributed by atoms with Crippen molar-refractivity contribution in [2.24, 2.45) is 0 Å². The van der Waals surface area contributed by atoms with E-state index in [1.54, 1.807) is 0 Å². The van der Waals surface area contributed by atoms with Crippen LogP contribution in [0, 0.1) is 0 Å². The quantitative estimate of drug-likeness (QED) is 0.0216. The Morgan fingerprint density at radius 1 is 0.582 bits per heavy atom. The van der Waals surface area contributed by atoms with Crippen LogP contribution in [0.5, 0.6) is 0 Å². The molecule has 10 heteroatoms. The third-order valence-corrected chi connectivity index (χ3v) is 9.77. The average Bonchev–Trinajstić information content (AvgIpc) is 3.13. The van der Waals surface area contributed by atoms with Gasteiger partial charge in [-0.2, -0.15) is 0 Å². The van der Waals surface area contributed by atoms with Gasteiger partial charge in [0.05, 0.1) is 27.7 Å². The number of carbonyl (C=O) groups excluding carboxylic acids is 2. The first-order valence-electron chi connectivity index (χ1n) is 21.5. The standard InChI is InChI=1S/C45H80NO8P/c1-6-8-10-12-14-16-18-20-22-23-24-26-28-30-32-34-36-38-45(48)54-43(42-53-55(49,50)52-40-39-46(3,4)5)41-51-44(47)37-35-33-31-29-27-25-21-19-17-15-13-11-9-7-2/h8,10,13-16,19-22,43H,6-7,9,11-12,17-18,23-42H2,1-5H3/p+1/b10-8-,15-13-,16-14-,21-19-,22-20-. The first-order chi connectivity index (χ1) is 26.5. The zero-order valence-electron chi connectivity index (χ0n) is 35.6. The number of rotatable bonds is 38. The molecule has 0 rings (SSSR count). The number of likely N-dealkylation sites (N-methyl/N-ethyl adjacent to an activating group) is 1. The summed E-state index contributed by atoms with van der Waals surface area (Å²) < 4.78 is 34.3. The number of allylic oxidation sites excluding steroid dienone is 10. The Morgan fingerprint density at radius 2 is 1.04 bits per heavy atom. The fourth-order valence-electron chi connectivity index (χ4n) is 5.40. The first kappa shape index (κ1) is 52.7. The molecule has 0 saturated heterocycles. The van der Waals surface area contributed by atoms with Gasteiger partial charge in [0.1, 0.15) is 19.8 Å². The van der Waals surface area contributed by atoms with Crippen molar-refractivity contribution in [3.05, 3.63) is 60.8 Å². The van der Waals surface area contributed by atoms with Crippen molar-refractivity contribution in [3.63, 3.8) is 0 Å². The zero-order chi connectivity index (χ0) is 40.7. The Kier molecular flexibility index (Phi) is 35.7. The fourth-order valence-corrected chi connectivity index (χ4v) is 6.14. The summed E-state index contributed by atoms with van der Waals surface area (Å²) in [7, 11) is 1.45. The Bertz CT molecular complexity index is 1120. The van der Waals surface area contributed by atoms with E-state index in [9.17, 15) is 19.0 Å². The summed E-state index contributed by atoms with van der Waals surface area (Å²) in [5, 5.41) is 0. The van der Waals surface area contributed by atoms with Gasteiger partial charge in [0.25, 0.3) is 0 Å². The molecule has 0 amide bonds. The van der Waals surface area contributed by atoms with Gasteiger partial charge in [-0.15, -0.1) is 0 Å². The molecule has 0 aliphatic rings. The molecular weight excluding hydrogens is 713 g/mol. The molecule has 0 aliphatic carbocycles. The summed E-state index contributed by atoms with van der Waals surface area (Å²) in [6.07, 6.45) is 44.0. The monoisotopic (exact) mass is 795 g/mol. The van der Waals surface area contributed by atoms with Crippen LogP contribution in [0.25, 0.3) is 0 Å². The summed E-state index contributed by atoms with van der Waals surface area (Å²) in [5.41, 5.74) is 0. The van der Waals surface area contributed by atoms with Gasteiger partial charge in [-0.3, -0.25) is 18.6 Å². The maximum atomic E-state index is 12.7. The van der Waals surface area contributed by atoms with Crippen LogP contribution in [-0.2, 0) is 32.7 Å². The van der Waals surface area contributed by atoms with Gasteiger partial charge in [0.15, 0.2) is 6.10 Å². The lowest BCUT2D eigenvalue weighted by Gasteiger charge is -2.24. The van der Waals surface area contributed by atoms with E-state index in [0.717, 1.165) is 96.3 Å². The van der Waals surface area contributed by atoms with E-state index in [1.807, 2.05) is 21.1 Å². The van der Waals surface area contributed by atoms with E-state index in [-0.39, 0.29) is 32.0 Å². The lowest BCUT2D eigenvalue weighted by Crippen LogP contribution is -2.37. The summed E-state index contributed by atoms with van der Waals surface area (Å²) in [6, 6.07) is 0. The van der Waals surface area contributed by atoms with Gasteiger partial charge in [0.2, 0.25) is 0 Å². The number of phosphoric ester groups is 1. The fraction of sp³-hybridized carbons (Fsp3) is 0.733. The van der Waals surface area contributed by atoms with Gasteiger partial charge < -0.3 is 18.9 Å². The Hall–Kier alpha value is -2.29. The lowest BCUT2D eigenvalue weighted by atomic mass is 10.1. The molecule has 0 spiro atoms.